The lowest BCUT2D eigenvalue weighted by atomic mass is 10.2. The number of aromatic hydroxyl groups is 1. The molecular weight excluding hydrogens is 348 g/mol. The molecule has 2 aromatic carbocycles. The predicted molar refractivity (Wildman–Crippen MR) is 88.2 cm³/mol. The summed E-state index contributed by atoms with van der Waals surface area (Å²) < 4.78 is 6.20. The Hall–Kier alpha value is -2.34. The highest BCUT2D eigenvalue weighted by Gasteiger charge is 2.05. The van der Waals surface area contributed by atoms with Gasteiger partial charge in [-0.25, -0.2) is 5.43 Å². The van der Waals surface area contributed by atoms with E-state index >= 15 is 0 Å². The molecule has 0 heterocycles. The van der Waals surface area contributed by atoms with Crippen LogP contribution in [0.5, 0.6) is 11.5 Å². The number of rotatable bonds is 5. The van der Waals surface area contributed by atoms with E-state index in [0.29, 0.717) is 11.3 Å². The van der Waals surface area contributed by atoms with Crippen LogP contribution in [0.2, 0.25) is 0 Å². The van der Waals surface area contributed by atoms with Gasteiger partial charge in [-0.1, -0.05) is 18.2 Å². The third-order valence-electron chi connectivity index (χ3n) is 2.72. The summed E-state index contributed by atoms with van der Waals surface area (Å²) in [6.07, 6.45) is 1.44. The lowest BCUT2D eigenvalue weighted by Crippen LogP contribution is -2.24. The number of hydrogen-bond donors (Lipinski definition) is 2. The number of phenolic OH excluding ortho intramolecular Hbond substituents is 1. The molecule has 0 fully saturated rings. The van der Waals surface area contributed by atoms with Gasteiger partial charge in [0.25, 0.3) is 5.91 Å². The zero-order chi connectivity index (χ0) is 15.9. The zero-order valence-electron chi connectivity index (χ0n) is 11.9. The molecule has 1 amide bonds. The van der Waals surface area contributed by atoms with Crippen molar-refractivity contribution in [2.24, 2.45) is 5.10 Å². The first kappa shape index (κ1) is 16.0. The Morgan fingerprint density at radius 2 is 2.18 bits per heavy atom. The minimum absolute atomic E-state index is 0.140. The summed E-state index contributed by atoms with van der Waals surface area (Å²) in [6, 6.07) is 12.2. The highest BCUT2D eigenvalue weighted by atomic mass is 79.9. The SMILES string of the molecule is Cc1ccc(OCC(=O)N/N=C\c2cccc(O)c2)c(Br)c1. The topological polar surface area (TPSA) is 70.9 Å². The van der Waals surface area contributed by atoms with Crippen molar-refractivity contribution in [3.63, 3.8) is 0 Å². The van der Waals surface area contributed by atoms with E-state index in [1.165, 1.54) is 12.3 Å². The molecule has 0 unspecified atom stereocenters. The minimum Gasteiger partial charge on any atom is -0.508 e. The van der Waals surface area contributed by atoms with Crippen LogP contribution in [0, 0.1) is 6.92 Å². The Morgan fingerprint density at radius 1 is 1.36 bits per heavy atom. The number of phenols is 1. The summed E-state index contributed by atoms with van der Waals surface area (Å²) in [4.78, 5) is 11.6. The van der Waals surface area contributed by atoms with Gasteiger partial charge in [0.15, 0.2) is 6.61 Å². The Labute approximate surface area is 136 Å². The second-order valence-corrected chi connectivity index (χ2v) is 5.47. The van der Waals surface area contributed by atoms with Crippen molar-refractivity contribution < 1.29 is 14.6 Å². The van der Waals surface area contributed by atoms with Gasteiger partial charge in [-0.3, -0.25) is 4.79 Å². The molecule has 2 rings (SSSR count). The van der Waals surface area contributed by atoms with Crippen molar-refractivity contribution >= 4 is 28.1 Å². The largest absolute Gasteiger partial charge is 0.508 e. The molecule has 0 saturated heterocycles. The number of ether oxygens (including phenoxy) is 1. The van der Waals surface area contributed by atoms with Crippen LogP contribution in [0.25, 0.3) is 0 Å². The molecule has 0 aliphatic rings. The lowest BCUT2D eigenvalue weighted by Gasteiger charge is -2.07. The van der Waals surface area contributed by atoms with Gasteiger partial charge in [-0.2, -0.15) is 5.10 Å². The van der Waals surface area contributed by atoms with E-state index in [-0.39, 0.29) is 18.3 Å². The second-order valence-electron chi connectivity index (χ2n) is 4.61. The minimum atomic E-state index is -0.371. The van der Waals surface area contributed by atoms with E-state index in [4.69, 9.17) is 4.74 Å². The molecule has 0 atom stereocenters. The molecule has 0 bridgehead atoms. The van der Waals surface area contributed by atoms with Gasteiger partial charge in [0, 0.05) is 0 Å². The quantitative estimate of drug-likeness (QED) is 0.634. The molecule has 0 aromatic heterocycles. The predicted octanol–water partition coefficient (Wildman–Crippen LogP) is 2.99. The van der Waals surface area contributed by atoms with E-state index < -0.39 is 0 Å². The zero-order valence-corrected chi connectivity index (χ0v) is 13.5. The van der Waals surface area contributed by atoms with E-state index in [2.05, 4.69) is 26.5 Å². The maximum absolute atomic E-state index is 11.6. The lowest BCUT2D eigenvalue weighted by molar-refractivity contribution is -0.123. The summed E-state index contributed by atoms with van der Waals surface area (Å²) in [5.41, 5.74) is 4.14. The van der Waals surface area contributed by atoms with Crippen molar-refractivity contribution in [3.05, 3.63) is 58.1 Å². The number of benzene rings is 2. The number of halogens is 1. The van der Waals surface area contributed by atoms with Crippen molar-refractivity contribution in [1.82, 2.24) is 5.43 Å². The summed E-state index contributed by atoms with van der Waals surface area (Å²) >= 11 is 3.38. The average molecular weight is 363 g/mol. The van der Waals surface area contributed by atoms with Crippen LogP contribution < -0.4 is 10.2 Å². The Morgan fingerprint density at radius 3 is 2.91 bits per heavy atom. The number of aryl methyl sites for hydroxylation is 1. The van der Waals surface area contributed by atoms with Gasteiger partial charge >= 0.3 is 0 Å². The highest BCUT2D eigenvalue weighted by molar-refractivity contribution is 9.10. The van der Waals surface area contributed by atoms with Crippen molar-refractivity contribution in [2.45, 2.75) is 6.92 Å². The number of nitrogens with one attached hydrogen (secondary N) is 1. The molecule has 114 valence electrons. The maximum atomic E-state index is 11.6. The first-order valence-electron chi connectivity index (χ1n) is 6.54. The van der Waals surface area contributed by atoms with Gasteiger partial charge in [-0.15, -0.1) is 0 Å². The van der Waals surface area contributed by atoms with Gasteiger partial charge < -0.3 is 9.84 Å². The fourth-order valence-corrected chi connectivity index (χ4v) is 2.29. The molecule has 5 nitrogen and oxygen atoms in total. The van der Waals surface area contributed by atoms with Crippen LogP contribution in [0.3, 0.4) is 0 Å². The monoisotopic (exact) mass is 362 g/mol. The van der Waals surface area contributed by atoms with Crippen LogP contribution in [-0.4, -0.2) is 23.8 Å². The number of hydrogen-bond acceptors (Lipinski definition) is 4. The van der Waals surface area contributed by atoms with Gasteiger partial charge in [-0.05, 0) is 58.2 Å². The van der Waals surface area contributed by atoms with Crippen LogP contribution >= 0.6 is 15.9 Å². The average Bonchev–Trinajstić information content (AvgIpc) is 2.46. The fourth-order valence-electron chi connectivity index (χ4n) is 1.68. The number of amides is 1. The van der Waals surface area contributed by atoms with Crippen molar-refractivity contribution in [1.29, 1.82) is 0 Å². The van der Waals surface area contributed by atoms with E-state index in [1.54, 1.807) is 24.3 Å². The van der Waals surface area contributed by atoms with Crippen molar-refractivity contribution in [2.75, 3.05) is 6.61 Å². The molecule has 0 saturated carbocycles. The van der Waals surface area contributed by atoms with Crippen LogP contribution in [0.15, 0.2) is 52.0 Å². The van der Waals surface area contributed by atoms with Crippen molar-refractivity contribution in [3.8, 4) is 11.5 Å². The first-order valence-corrected chi connectivity index (χ1v) is 7.34. The molecule has 0 aliphatic carbocycles. The van der Waals surface area contributed by atoms with Crippen LogP contribution in [0.1, 0.15) is 11.1 Å². The Bertz CT molecular complexity index is 702. The van der Waals surface area contributed by atoms with E-state index in [1.807, 2.05) is 19.1 Å². The number of carbonyl (C=O) groups is 1. The van der Waals surface area contributed by atoms with Crippen LogP contribution in [-0.2, 0) is 4.79 Å². The summed E-state index contributed by atoms with van der Waals surface area (Å²) in [6.45, 7) is 1.83. The molecule has 0 radical (unpaired) electrons. The van der Waals surface area contributed by atoms with Gasteiger partial charge in [0.1, 0.15) is 11.5 Å². The molecule has 0 spiro atoms. The molecule has 2 aromatic rings. The molecule has 2 N–H and O–H groups in total. The fraction of sp³-hybridized carbons (Fsp3) is 0.125. The third-order valence-corrected chi connectivity index (χ3v) is 3.34. The summed E-state index contributed by atoms with van der Waals surface area (Å²) in [5.74, 6) is 0.365. The standard InChI is InChI=1S/C16H15BrN2O3/c1-11-5-6-15(14(17)7-11)22-10-16(21)19-18-9-12-3-2-4-13(20)8-12/h2-9,20H,10H2,1H3,(H,19,21)/b18-9-. The molecule has 6 heteroatoms. The summed E-state index contributed by atoms with van der Waals surface area (Å²) in [5, 5.41) is 13.1. The smallest absolute Gasteiger partial charge is 0.277 e. The second kappa shape index (κ2) is 7.61. The maximum Gasteiger partial charge on any atom is 0.277 e. The molecule has 22 heavy (non-hydrogen) atoms. The van der Waals surface area contributed by atoms with Gasteiger partial charge in [0.05, 0.1) is 10.7 Å². The summed E-state index contributed by atoms with van der Waals surface area (Å²) in [7, 11) is 0. The van der Waals surface area contributed by atoms with Crippen LogP contribution in [0.4, 0.5) is 0 Å². The number of hydrazone groups is 1. The normalized spacial score (nSPS) is 10.6. The van der Waals surface area contributed by atoms with Gasteiger partial charge in [0.2, 0.25) is 0 Å². The highest BCUT2D eigenvalue weighted by Crippen LogP contribution is 2.25. The molecular formula is C16H15BrN2O3. The number of nitrogens with zero attached hydrogens (tertiary/aromatic N) is 1. The Kier molecular flexibility index (Phi) is 5.55. The van der Waals surface area contributed by atoms with E-state index in [9.17, 15) is 9.90 Å². The van der Waals surface area contributed by atoms with E-state index in [0.717, 1.165) is 10.0 Å². The number of carbonyl (C=O) groups excluding carboxylic acids is 1. The third kappa shape index (κ3) is 4.89. The first-order chi connectivity index (χ1) is 10.5. The Balaban J connectivity index is 1.83. The molecule has 0 aliphatic heterocycles.